The van der Waals surface area contributed by atoms with E-state index in [1.54, 1.807) is 0 Å². The maximum Gasteiger partial charge on any atom is 0.0541 e. The molecule has 11 aromatic rings. The van der Waals surface area contributed by atoms with Crippen molar-refractivity contribution in [1.29, 1.82) is 0 Å². The van der Waals surface area contributed by atoms with Gasteiger partial charge in [-0.2, -0.15) is 0 Å². The maximum atomic E-state index is 2.40. The van der Waals surface area contributed by atoms with Gasteiger partial charge < -0.3 is 9.13 Å². The molecule has 11 rings (SSSR count). The van der Waals surface area contributed by atoms with E-state index in [1.165, 1.54) is 98.3 Å². The third kappa shape index (κ3) is 3.96. The van der Waals surface area contributed by atoms with E-state index in [0.717, 1.165) is 0 Å². The van der Waals surface area contributed by atoms with Gasteiger partial charge in [0.05, 0.1) is 16.6 Å². The molecule has 0 radical (unpaired) electrons. The van der Waals surface area contributed by atoms with Gasteiger partial charge in [-0.1, -0.05) is 121 Å². The summed E-state index contributed by atoms with van der Waals surface area (Å²) in [6.45, 7) is 0. The number of hydrogen-bond acceptors (Lipinski definition) is 0. The molecule has 0 spiro atoms. The van der Waals surface area contributed by atoms with E-state index in [0.29, 0.717) is 0 Å². The van der Waals surface area contributed by atoms with Crippen molar-refractivity contribution < 1.29 is 0 Å². The lowest BCUT2D eigenvalue weighted by Gasteiger charge is -2.13. The molecule has 2 heterocycles. The molecule has 50 heavy (non-hydrogen) atoms. The Morgan fingerprint density at radius 1 is 0.280 bits per heavy atom. The Morgan fingerprint density at radius 3 is 1.66 bits per heavy atom. The largest absolute Gasteiger partial charge is 0.317 e. The van der Waals surface area contributed by atoms with Gasteiger partial charge in [-0.25, -0.2) is 0 Å². The van der Waals surface area contributed by atoms with Crippen molar-refractivity contribution in [2.75, 3.05) is 0 Å². The summed E-state index contributed by atoms with van der Waals surface area (Å²) in [6.07, 6.45) is 2.21. The van der Waals surface area contributed by atoms with Gasteiger partial charge in [0.2, 0.25) is 0 Å². The van der Waals surface area contributed by atoms with Crippen molar-refractivity contribution in [2.24, 2.45) is 0 Å². The summed E-state index contributed by atoms with van der Waals surface area (Å²) in [4.78, 5) is 0. The average molecular weight is 635 g/mol. The van der Waals surface area contributed by atoms with Gasteiger partial charge in [0, 0.05) is 28.3 Å². The zero-order valence-corrected chi connectivity index (χ0v) is 27.2. The van der Waals surface area contributed by atoms with Gasteiger partial charge in [-0.05, 0) is 114 Å². The van der Waals surface area contributed by atoms with Gasteiger partial charge in [0.15, 0.2) is 0 Å². The van der Waals surface area contributed by atoms with Gasteiger partial charge in [0.25, 0.3) is 0 Å². The topological polar surface area (TPSA) is 9.86 Å². The van der Waals surface area contributed by atoms with E-state index in [4.69, 9.17) is 0 Å². The SMILES string of the molecule is c1ccc2cc(-n3c4ccccc4c4cc(-c5ccc6ccn(-c7ccc8c9ccccc9c9ccccc9c8c7)c6c5)ccc43)ccc2c1. The minimum atomic E-state index is 1.17. The van der Waals surface area contributed by atoms with Crippen LogP contribution in [-0.4, -0.2) is 9.13 Å². The van der Waals surface area contributed by atoms with Crippen LogP contribution in [0.4, 0.5) is 0 Å². The van der Waals surface area contributed by atoms with Crippen LogP contribution >= 0.6 is 0 Å². The minimum Gasteiger partial charge on any atom is -0.317 e. The van der Waals surface area contributed by atoms with Crippen molar-refractivity contribution in [2.45, 2.75) is 0 Å². The summed E-state index contributed by atoms with van der Waals surface area (Å²) in [5.41, 5.74) is 8.40. The van der Waals surface area contributed by atoms with Crippen LogP contribution in [0.15, 0.2) is 182 Å². The molecule has 0 fully saturated rings. The lowest BCUT2D eigenvalue weighted by Crippen LogP contribution is -1.94. The van der Waals surface area contributed by atoms with Gasteiger partial charge in [-0.3, -0.25) is 0 Å². The maximum absolute atomic E-state index is 2.40. The molecule has 0 unspecified atom stereocenters. The number of benzene rings is 9. The number of fused-ring (bicyclic) bond motifs is 11. The molecule has 2 aromatic heterocycles. The van der Waals surface area contributed by atoms with Crippen molar-refractivity contribution in [1.82, 2.24) is 9.13 Å². The standard InChI is InChI=1S/C48H30N2/c1-2-10-33-27-37(21-19-31(33)9-1)50-46-16-8-7-15-43(46)45-28-34(20-24-47(45)50)35-18-17-32-25-26-49(48(32)29-35)36-22-23-42-40-13-4-3-11-38(40)39-12-5-6-14-41(39)44(42)30-36/h1-30H. The Bertz CT molecular complexity index is 3120. The number of para-hydroxylation sites is 1. The highest BCUT2D eigenvalue weighted by Crippen LogP contribution is 2.38. The van der Waals surface area contributed by atoms with Gasteiger partial charge in [-0.15, -0.1) is 0 Å². The molecule has 0 saturated heterocycles. The smallest absolute Gasteiger partial charge is 0.0541 e. The fourth-order valence-electron chi connectivity index (χ4n) is 8.33. The lowest BCUT2D eigenvalue weighted by molar-refractivity contribution is 1.13. The van der Waals surface area contributed by atoms with Crippen LogP contribution < -0.4 is 0 Å². The molecule has 0 aliphatic carbocycles. The number of rotatable bonds is 3. The Morgan fingerprint density at radius 2 is 0.860 bits per heavy atom. The third-order valence-corrected chi connectivity index (χ3v) is 10.7. The first-order valence-corrected chi connectivity index (χ1v) is 17.3. The van der Waals surface area contributed by atoms with Crippen LogP contribution in [0.3, 0.4) is 0 Å². The third-order valence-electron chi connectivity index (χ3n) is 10.7. The predicted octanol–water partition coefficient (Wildman–Crippen LogP) is 13.0. The van der Waals surface area contributed by atoms with E-state index >= 15 is 0 Å². The molecule has 0 bridgehead atoms. The summed E-state index contributed by atoms with van der Waals surface area (Å²) >= 11 is 0. The zero-order valence-electron chi connectivity index (χ0n) is 27.2. The average Bonchev–Trinajstić information content (AvgIpc) is 3.76. The van der Waals surface area contributed by atoms with Crippen LogP contribution in [0.1, 0.15) is 0 Å². The number of nitrogens with zero attached hydrogens (tertiary/aromatic N) is 2. The van der Waals surface area contributed by atoms with Gasteiger partial charge in [0.1, 0.15) is 0 Å². The Kier molecular flexibility index (Phi) is 5.70. The van der Waals surface area contributed by atoms with Gasteiger partial charge >= 0.3 is 0 Å². The van der Waals surface area contributed by atoms with E-state index in [2.05, 4.69) is 191 Å². The summed E-state index contributed by atoms with van der Waals surface area (Å²) in [5, 5.41) is 14.0. The first kappa shape index (κ1) is 27.3. The van der Waals surface area contributed by atoms with Crippen LogP contribution in [0.25, 0.3) is 98.3 Å². The first-order valence-electron chi connectivity index (χ1n) is 17.3. The van der Waals surface area contributed by atoms with E-state index in [1.807, 2.05) is 0 Å². The lowest BCUT2D eigenvalue weighted by atomic mass is 9.94. The minimum absolute atomic E-state index is 1.17. The van der Waals surface area contributed by atoms with E-state index < -0.39 is 0 Å². The second-order valence-electron chi connectivity index (χ2n) is 13.4. The molecule has 0 saturated carbocycles. The summed E-state index contributed by atoms with van der Waals surface area (Å²) in [7, 11) is 0. The van der Waals surface area contributed by atoms with Crippen LogP contribution in [-0.2, 0) is 0 Å². The number of aromatic nitrogens is 2. The Balaban J connectivity index is 1.07. The molecule has 2 heteroatoms. The summed E-state index contributed by atoms with van der Waals surface area (Å²) in [6, 6.07) is 64.6. The van der Waals surface area contributed by atoms with Crippen LogP contribution in [0.5, 0.6) is 0 Å². The molecule has 0 aliphatic heterocycles. The molecule has 0 amide bonds. The molecule has 0 atom stereocenters. The highest BCUT2D eigenvalue weighted by molar-refractivity contribution is 6.25. The van der Waals surface area contributed by atoms with Crippen molar-refractivity contribution in [3.05, 3.63) is 182 Å². The van der Waals surface area contributed by atoms with E-state index in [9.17, 15) is 0 Å². The fraction of sp³-hybridized carbons (Fsp3) is 0. The fourth-order valence-corrected chi connectivity index (χ4v) is 8.33. The Labute approximate surface area is 288 Å². The van der Waals surface area contributed by atoms with Crippen LogP contribution in [0.2, 0.25) is 0 Å². The monoisotopic (exact) mass is 634 g/mol. The molecular weight excluding hydrogens is 605 g/mol. The predicted molar refractivity (Wildman–Crippen MR) is 213 cm³/mol. The molecule has 9 aromatic carbocycles. The highest BCUT2D eigenvalue weighted by Gasteiger charge is 2.15. The molecule has 232 valence electrons. The summed E-state index contributed by atoms with van der Waals surface area (Å²) < 4.78 is 4.74. The van der Waals surface area contributed by atoms with Crippen molar-refractivity contribution >= 4 is 75.8 Å². The molecular formula is C48H30N2. The highest BCUT2D eigenvalue weighted by atomic mass is 15.0. The molecule has 0 N–H and O–H groups in total. The molecule has 0 aliphatic rings. The summed E-state index contributed by atoms with van der Waals surface area (Å²) in [5.74, 6) is 0. The normalized spacial score (nSPS) is 12.0. The van der Waals surface area contributed by atoms with Crippen LogP contribution in [0, 0.1) is 0 Å². The quantitative estimate of drug-likeness (QED) is 0.171. The second-order valence-corrected chi connectivity index (χ2v) is 13.4. The first-order chi connectivity index (χ1) is 24.8. The van der Waals surface area contributed by atoms with E-state index in [-0.39, 0.29) is 0 Å². The zero-order chi connectivity index (χ0) is 32.8. The Hall–Kier alpha value is -6.64. The second kappa shape index (κ2) is 10.4. The number of hydrogen-bond donors (Lipinski definition) is 0. The van der Waals surface area contributed by atoms with Crippen molar-refractivity contribution in [3.63, 3.8) is 0 Å². The molecule has 2 nitrogen and oxygen atoms in total. The van der Waals surface area contributed by atoms with Crippen molar-refractivity contribution in [3.8, 4) is 22.5 Å².